The van der Waals surface area contributed by atoms with Gasteiger partial charge in [-0.05, 0) is 33.6 Å². The summed E-state index contributed by atoms with van der Waals surface area (Å²) in [5, 5.41) is 0. The molecule has 2 amide bonds. The predicted molar refractivity (Wildman–Crippen MR) is 93.5 cm³/mol. The molecule has 0 spiro atoms. The summed E-state index contributed by atoms with van der Waals surface area (Å²) in [6.07, 6.45) is 1.52. The van der Waals surface area contributed by atoms with Gasteiger partial charge in [0.1, 0.15) is 18.3 Å². The van der Waals surface area contributed by atoms with Crippen molar-refractivity contribution in [2.75, 3.05) is 32.8 Å². The molecule has 0 aromatic heterocycles. The summed E-state index contributed by atoms with van der Waals surface area (Å²) in [6.45, 7) is 10.7. The number of piperidine rings is 1. The highest BCUT2D eigenvalue weighted by Gasteiger charge is 2.37. The summed E-state index contributed by atoms with van der Waals surface area (Å²) in [6, 6.07) is 0. The van der Waals surface area contributed by atoms with Crippen molar-refractivity contribution < 1.29 is 28.6 Å². The summed E-state index contributed by atoms with van der Waals surface area (Å²) < 4.78 is 15.7. The van der Waals surface area contributed by atoms with Crippen LogP contribution in [0.25, 0.3) is 0 Å². The third-order valence-electron chi connectivity index (χ3n) is 4.20. The molecule has 0 unspecified atom stereocenters. The van der Waals surface area contributed by atoms with Crippen molar-refractivity contribution in [3.8, 4) is 0 Å². The Morgan fingerprint density at radius 2 is 1.69 bits per heavy atom. The molecule has 8 heteroatoms. The number of ether oxygens (including phenoxy) is 3. The van der Waals surface area contributed by atoms with Gasteiger partial charge in [-0.2, -0.15) is 0 Å². The van der Waals surface area contributed by atoms with Crippen LogP contribution < -0.4 is 0 Å². The molecule has 2 heterocycles. The maximum Gasteiger partial charge on any atom is 0.410 e. The van der Waals surface area contributed by atoms with E-state index in [1.54, 1.807) is 25.7 Å². The van der Waals surface area contributed by atoms with Crippen molar-refractivity contribution in [1.29, 1.82) is 0 Å². The first-order valence-corrected chi connectivity index (χ1v) is 8.90. The topological polar surface area (TPSA) is 85.4 Å². The summed E-state index contributed by atoms with van der Waals surface area (Å²) in [5.41, 5.74) is -0.546. The smallest absolute Gasteiger partial charge is 0.410 e. The summed E-state index contributed by atoms with van der Waals surface area (Å²) >= 11 is 0. The second-order valence-corrected chi connectivity index (χ2v) is 7.57. The molecule has 2 aliphatic heterocycles. The van der Waals surface area contributed by atoms with Gasteiger partial charge >= 0.3 is 18.2 Å². The van der Waals surface area contributed by atoms with Gasteiger partial charge < -0.3 is 24.0 Å². The van der Waals surface area contributed by atoms with Crippen LogP contribution in [0.3, 0.4) is 0 Å². The SMILES string of the molecule is C=CCOC(=O)C1CCN(C(=O)OC2CN(C(=O)OC(C)(C)C)C2)CC1. The average molecular weight is 368 g/mol. The fourth-order valence-corrected chi connectivity index (χ4v) is 2.76. The van der Waals surface area contributed by atoms with Crippen LogP contribution in [0.15, 0.2) is 12.7 Å². The standard InChI is InChI=1S/C18H28N2O6/c1-5-10-24-15(21)13-6-8-19(9-7-13)16(22)25-14-11-20(12-14)17(23)26-18(2,3)4/h5,13-14H,1,6-12H2,2-4H3. The first-order chi connectivity index (χ1) is 12.2. The van der Waals surface area contributed by atoms with Crippen molar-refractivity contribution in [3.63, 3.8) is 0 Å². The molecule has 26 heavy (non-hydrogen) atoms. The van der Waals surface area contributed by atoms with E-state index in [0.29, 0.717) is 39.0 Å². The van der Waals surface area contributed by atoms with E-state index in [0.717, 1.165) is 0 Å². The Hall–Kier alpha value is -2.25. The lowest BCUT2D eigenvalue weighted by Crippen LogP contribution is -2.57. The number of carbonyl (C=O) groups excluding carboxylic acids is 3. The van der Waals surface area contributed by atoms with Crippen molar-refractivity contribution in [2.45, 2.75) is 45.3 Å². The Bertz CT molecular complexity index is 542. The molecule has 146 valence electrons. The number of hydrogen-bond acceptors (Lipinski definition) is 6. The van der Waals surface area contributed by atoms with Gasteiger partial charge in [0.05, 0.1) is 19.0 Å². The molecule has 0 aromatic carbocycles. The second kappa shape index (κ2) is 8.42. The third-order valence-corrected chi connectivity index (χ3v) is 4.20. The van der Waals surface area contributed by atoms with E-state index in [2.05, 4.69) is 6.58 Å². The van der Waals surface area contributed by atoms with E-state index in [-0.39, 0.29) is 24.6 Å². The Kier molecular flexibility index (Phi) is 6.50. The van der Waals surface area contributed by atoms with Gasteiger partial charge in [0.15, 0.2) is 0 Å². The zero-order valence-electron chi connectivity index (χ0n) is 15.7. The number of esters is 1. The van der Waals surface area contributed by atoms with Crippen LogP contribution in [0.4, 0.5) is 9.59 Å². The monoisotopic (exact) mass is 368 g/mol. The number of hydrogen-bond donors (Lipinski definition) is 0. The van der Waals surface area contributed by atoms with E-state index < -0.39 is 17.8 Å². The third kappa shape index (κ3) is 5.64. The summed E-state index contributed by atoms with van der Waals surface area (Å²) in [4.78, 5) is 39.0. The minimum absolute atomic E-state index is 0.189. The van der Waals surface area contributed by atoms with Crippen LogP contribution in [0.2, 0.25) is 0 Å². The maximum atomic E-state index is 12.2. The number of nitrogens with zero attached hydrogens (tertiary/aromatic N) is 2. The highest BCUT2D eigenvalue weighted by Crippen LogP contribution is 2.22. The normalized spacial score (nSPS) is 18.7. The van der Waals surface area contributed by atoms with Crippen LogP contribution >= 0.6 is 0 Å². The largest absolute Gasteiger partial charge is 0.461 e. The lowest BCUT2D eigenvalue weighted by molar-refractivity contribution is -0.148. The number of carbonyl (C=O) groups is 3. The lowest BCUT2D eigenvalue weighted by Gasteiger charge is -2.40. The summed E-state index contributed by atoms with van der Waals surface area (Å²) in [7, 11) is 0. The van der Waals surface area contributed by atoms with Crippen molar-refractivity contribution in [3.05, 3.63) is 12.7 Å². The number of likely N-dealkylation sites (tertiary alicyclic amines) is 2. The van der Waals surface area contributed by atoms with Crippen LogP contribution in [0, 0.1) is 5.92 Å². The quantitative estimate of drug-likeness (QED) is 0.430. The Labute approximate surface area is 154 Å². The molecular formula is C18H28N2O6. The Balaban J connectivity index is 1.67. The fourth-order valence-electron chi connectivity index (χ4n) is 2.76. The number of amides is 2. The summed E-state index contributed by atoms with van der Waals surface area (Å²) in [5.74, 6) is -0.435. The van der Waals surface area contributed by atoms with E-state index in [4.69, 9.17) is 14.2 Å². The molecule has 0 atom stereocenters. The molecule has 0 bridgehead atoms. The first kappa shape index (κ1) is 20.1. The molecule has 2 fully saturated rings. The van der Waals surface area contributed by atoms with E-state index in [1.165, 1.54) is 11.0 Å². The van der Waals surface area contributed by atoms with E-state index >= 15 is 0 Å². The van der Waals surface area contributed by atoms with Gasteiger partial charge in [0, 0.05) is 13.1 Å². The highest BCUT2D eigenvalue weighted by atomic mass is 16.6. The molecule has 0 saturated carbocycles. The molecule has 2 rings (SSSR count). The van der Waals surface area contributed by atoms with Crippen LogP contribution in [0.1, 0.15) is 33.6 Å². The van der Waals surface area contributed by atoms with Gasteiger partial charge in [-0.25, -0.2) is 9.59 Å². The lowest BCUT2D eigenvalue weighted by atomic mass is 9.97. The van der Waals surface area contributed by atoms with Crippen molar-refractivity contribution in [2.24, 2.45) is 5.92 Å². The minimum atomic E-state index is -0.546. The molecule has 2 aliphatic rings. The van der Waals surface area contributed by atoms with Crippen molar-refractivity contribution >= 4 is 18.2 Å². The first-order valence-electron chi connectivity index (χ1n) is 8.90. The molecule has 8 nitrogen and oxygen atoms in total. The van der Waals surface area contributed by atoms with Gasteiger partial charge in [-0.1, -0.05) is 12.7 Å². The van der Waals surface area contributed by atoms with Gasteiger partial charge in [-0.15, -0.1) is 0 Å². The molecule has 2 saturated heterocycles. The highest BCUT2D eigenvalue weighted by molar-refractivity contribution is 5.74. The second-order valence-electron chi connectivity index (χ2n) is 7.57. The molecular weight excluding hydrogens is 340 g/mol. The average Bonchev–Trinajstić information content (AvgIpc) is 2.53. The van der Waals surface area contributed by atoms with E-state index in [9.17, 15) is 14.4 Å². The molecule has 0 N–H and O–H groups in total. The zero-order chi connectivity index (χ0) is 19.3. The molecule has 0 radical (unpaired) electrons. The van der Waals surface area contributed by atoms with Gasteiger partial charge in [-0.3, -0.25) is 4.79 Å². The fraction of sp³-hybridized carbons (Fsp3) is 0.722. The van der Waals surface area contributed by atoms with Gasteiger partial charge in [0.2, 0.25) is 0 Å². The van der Waals surface area contributed by atoms with Crippen LogP contribution in [0.5, 0.6) is 0 Å². The Morgan fingerprint density at radius 1 is 1.08 bits per heavy atom. The molecule has 0 aliphatic carbocycles. The van der Waals surface area contributed by atoms with E-state index in [1.807, 2.05) is 0 Å². The molecule has 0 aromatic rings. The predicted octanol–water partition coefficient (Wildman–Crippen LogP) is 2.18. The Morgan fingerprint density at radius 3 is 2.23 bits per heavy atom. The minimum Gasteiger partial charge on any atom is -0.461 e. The zero-order valence-corrected chi connectivity index (χ0v) is 15.7. The number of rotatable bonds is 4. The van der Waals surface area contributed by atoms with Crippen LogP contribution in [-0.2, 0) is 19.0 Å². The van der Waals surface area contributed by atoms with Crippen molar-refractivity contribution in [1.82, 2.24) is 9.80 Å². The van der Waals surface area contributed by atoms with Crippen LogP contribution in [-0.4, -0.2) is 72.4 Å². The van der Waals surface area contributed by atoms with Gasteiger partial charge in [0.25, 0.3) is 0 Å². The maximum absolute atomic E-state index is 12.2.